The summed E-state index contributed by atoms with van der Waals surface area (Å²) in [4.78, 5) is 12.4. The molecule has 1 unspecified atom stereocenters. The minimum absolute atomic E-state index is 0.311. The molecule has 3 heteroatoms. The van der Waals surface area contributed by atoms with Crippen LogP contribution < -0.4 is 5.32 Å². The molecule has 1 saturated carbocycles. The van der Waals surface area contributed by atoms with Crippen molar-refractivity contribution in [2.75, 3.05) is 0 Å². The zero-order valence-corrected chi connectivity index (χ0v) is 11.8. The van der Waals surface area contributed by atoms with E-state index in [4.69, 9.17) is 0 Å². The fourth-order valence-corrected chi connectivity index (χ4v) is 2.86. The van der Waals surface area contributed by atoms with Gasteiger partial charge in [-0.05, 0) is 30.4 Å². The summed E-state index contributed by atoms with van der Waals surface area (Å²) < 4.78 is 0. The van der Waals surface area contributed by atoms with Crippen molar-refractivity contribution in [1.29, 1.82) is 0 Å². The van der Waals surface area contributed by atoms with Crippen LogP contribution in [0.5, 0.6) is 0 Å². The molecular formula is C18H19NO2. The Balaban J connectivity index is 1.77. The second-order valence-electron chi connectivity index (χ2n) is 5.60. The predicted octanol–water partition coefficient (Wildman–Crippen LogP) is 2.92. The second kappa shape index (κ2) is 5.70. The summed E-state index contributed by atoms with van der Waals surface area (Å²) in [5.74, 6) is -0.329. The summed E-state index contributed by atoms with van der Waals surface area (Å²) in [7, 11) is 0. The fraction of sp³-hybridized carbons (Fsp3) is 0.278. The smallest absolute Gasteiger partial charge is 0.254 e. The third-order valence-corrected chi connectivity index (χ3v) is 4.26. The van der Waals surface area contributed by atoms with Gasteiger partial charge in [0, 0.05) is 0 Å². The summed E-state index contributed by atoms with van der Waals surface area (Å²) in [6.07, 6.45) is 1.82. The summed E-state index contributed by atoms with van der Waals surface area (Å²) in [6, 6.07) is 19.0. The van der Waals surface area contributed by atoms with Crippen molar-refractivity contribution in [3.05, 3.63) is 71.8 Å². The number of hydrogen-bond donors (Lipinski definition) is 2. The van der Waals surface area contributed by atoms with Gasteiger partial charge < -0.3 is 10.4 Å². The molecule has 0 heterocycles. The molecule has 1 aliphatic carbocycles. The van der Waals surface area contributed by atoms with Gasteiger partial charge in [-0.3, -0.25) is 4.79 Å². The molecule has 0 spiro atoms. The van der Waals surface area contributed by atoms with Gasteiger partial charge in [-0.25, -0.2) is 0 Å². The van der Waals surface area contributed by atoms with Crippen molar-refractivity contribution >= 4 is 5.91 Å². The number of aliphatic hydroxyl groups is 1. The van der Waals surface area contributed by atoms with E-state index in [1.807, 2.05) is 48.5 Å². The van der Waals surface area contributed by atoms with Crippen LogP contribution in [0.25, 0.3) is 0 Å². The van der Waals surface area contributed by atoms with Gasteiger partial charge in [0.05, 0.1) is 5.54 Å². The molecule has 1 atom stereocenters. The Morgan fingerprint density at radius 1 is 1.00 bits per heavy atom. The van der Waals surface area contributed by atoms with Crippen molar-refractivity contribution in [3.8, 4) is 0 Å². The molecule has 108 valence electrons. The molecule has 1 amide bonds. The Hall–Kier alpha value is -2.13. The Kier molecular flexibility index (Phi) is 3.76. The predicted molar refractivity (Wildman–Crippen MR) is 81.5 cm³/mol. The monoisotopic (exact) mass is 281 g/mol. The first-order valence-corrected chi connectivity index (χ1v) is 7.32. The lowest BCUT2D eigenvalue weighted by molar-refractivity contribution is -0.133. The average Bonchev–Trinajstić information content (AvgIpc) is 2.51. The molecule has 0 aromatic heterocycles. The van der Waals surface area contributed by atoms with E-state index in [1.165, 1.54) is 0 Å². The molecule has 2 N–H and O–H groups in total. The molecule has 0 bridgehead atoms. The molecule has 1 aliphatic rings. The lowest BCUT2D eigenvalue weighted by atomic mass is 9.71. The number of rotatable bonds is 4. The van der Waals surface area contributed by atoms with Crippen LogP contribution in [0.2, 0.25) is 0 Å². The number of aliphatic hydroxyl groups excluding tert-OH is 1. The highest BCUT2D eigenvalue weighted by molar-refractivity contribution is 5.83. The number of nitrogens with one attached hydrogen (secondary N) is 1. The van der Waals surface area contributed by atoms with E-state index in [-0.39, 0.29) is 11.4 Å². The van der Waals surface area contributed by atoms with Crippen LogP contribution in [-0.4, -0.2) is 11.0 Å². The maximum absolute atomic E-state index is 12.4. The van der Waals surface area contributed by atoms with E-state index in [0.717, 1.165) is 24.8 Å². The van der Waals surface area contributed by atoms with Crippen molar-refractivity contribution in [2.24, 2.45) is 0 Å². The molecule has 0 radical (unpaired) electrons. The lowest BCUT2D eigenvalue weighted by Gasteiger charge is -2.43. The molecule has 0 saturated heterocycles. The van der Waals surface area contributed by atoms with Gasteiger partial charge in [-0.15, -0.1) is 0 Å². The van der Waals surface area contributed by atoms with Crippen LogP contribution in [0.3, 0.4) is 0 Å². The maximum Gasteiger partial charge on any atom is 0.254 e. The molecule has 21 heavy (non-hydrogen) atoms. The molecular weight excluding hydrogens is 262 g/mol. The largest absolute Gasteiger partial charge is 0.378 e. The number of carbonyl (C=O) groups is 1. The van der Waals surface area contributed by atoms with Crippen LogP contribution in [0.1, 0.15) is 36.5 Å². The standard InChI is InChI=1S/C18H19NO2/c20-16(14-8-3-1-4-9-14)17(21)19-18(12-7-13-18)15-10-5-2-6-11-15/h1-6,8-11,16,20H,7,12-13H2,(H,19,21). The second-order valence-corrected chi connectivity index (χ2v) is 5.60. The Bertz CT molecular complexity index is 606. The summed E-state index contributed by atoms with van der Waals surface area (Å²) in [5, 5.41) is 13.3. The minimum Gasteiger partial charge on any atom is -0.378 e. The fourth-order valence-electron chi connectivity index (χ4n) is 2.86. The van der Waals surface area contributed by atoms with Crippen LogP contribution in [-0.2, 0) is 10.3 Å². The summed E-state index contributed by atoms with van der Waals surface area (Å²) in [5.41, 5.74) is 1.43. The first kappa shape index (κ1) is 13.8. The van der Waals surface area contributed by atoms with Gasteiger partial charge >= 0.3 is 0 Å². The Morgan fingerprint density at radius 2 is 1.57 bits per heavy atom. The molecule has 0 aliphatic heterocycles. The Labute approximate surface area is 124 Å². The molecule has 3 nitrogen and oxygen atoms in total. The zero-order valence-electron chi connectivity index (χ0n) is 11.8. The highest BCUT2D eigenvalue weighted by Gasteiger charge is 2.40. The van der Waals surface area contributed by atoms with E-state index in [2.05, 4.69) is 5.32 Å². The van der Waals surface area contributed by atoms with E-state index < -0.39 is 6.10 Å². The minimum atomic E-state index is -1.12. The van der Waals surface area contributed by atoms with Gasteiger partial charge in [-0.2, -0.15) is 0 Å². The summed E-state index contributed by atoms with van der Waals surface area (Å²) in [6.45, 7) is 0. The third-order valence-electron chi connectivity index (χ3n) is 4.26. The van der Waals surface area contributed by atoms with Crippen LogP contribution in [0.15, 0.2) is 60.7 Å². The van der Waals surface area contributed by atoms with Crippen molar-refractivity contribution in [3.63, 3.8) is 0 Å². The molecule has 3 rings (SSSR count). The van der Waals surface area contributed by atoms with Crippen molar-refractivity contribution < 1.29 is 9.90 Å². The summed E-state index contributed by atoms with van der Waals surface area (Å²) >= 11 is 0. The van der Waals surface area contributed by atoms with E-state index in [0.29, 0.717) is 5.56 Å². The third kappa shape index (κ3) is 2.69. The SMILES string of the molecule is O=C(NC1(c2ccccc2)CCC1)C(O)c1ccccc1. The maximum atomic E-state index is 12.4. The highest BCUT2D eigenvalue weighted by Crippen LogP contribution is 2.41. The van der Waals surface area contributed by atoms with Gasteiger partial charge in [0.1, 0.15) is 0 Å². The topological polar surface area (TPSA) is 49.3 Å². The zero-order chi connectivity index (χ0) is 14.7. The number of hydrogen-bond acceptors (Lipinski definition) is 2. The first-order chi connectivity index (χ1) is 10.2. The quantitative estimate of drug-likeness (QED) is 0.905. The van der Waals surface area contributed by atoms with E-state index >= 15 is 0 Å². The van der Waals surface area contributed by atoms with Crippen molar-refractivity contribution in [2.45, 2.75) is 30.9 Å². The molecule has 2 aromatic carbocycles. The van der Waals surface area contributed by atoms with Crippen LogP contribution in [0.4, 0.5) is 0 Å². The van der Waals surface area contributed by atoms with Gasteiger partial charge in [0.25, 0.3) is 5.91 Å². The van der Waals surface area contributed by atoms with Crippen molar-refractivity contribution in [1.82, 2.24) is 5.32 Å². The van der Waals surface area contributed by atoms with Gasteiger partial charge in [0.2, 0.25) is 0 Å². The highest BCUT2D eigenvalue weighted by atomic mass is 16.3. The van der Waals surface area contributed by atoms with E-state index in [1.54, 1.807) is 12.1 Å². The Morgan fingerprint density at radius 3 is 2.10 bits per heavy atom. The van der Waals surface area contributed by atoms with Crippen LogP contribution >= 0.6 is 0 Å². The number of amides is 1. The normalized spacial score (nSPS) is 17.6. The lowest BCUT2D eigenvalue weighted by Crippen LogP contribution is -2.52. The first-order valence-electron chi connectivity index (χ1n) is 7.32. The number of carbonyl (C=O) groups excluding carboxylic acids is 1. The van der Waals surface area contributed by atoms with Gasteiger partial charge in [-0.1, -0.05) is 60.7 Å². The number of benzene rings is 2. The van der Waals surface area contributed by atoms with E-state index in [9.17, 15) is 9.90 Å². The van der Waals surface area contributed by atoms with Gasteiger partial charge in [0.15, 0.2) is 6.10 Å². The molecule has 2 aromatic rings. The molecule has 1 fully saturated rings. The average molecular weight is 281 g/mol. The van der Waals surface area contributed by atoms with Crippen LogP contribution in [0, 0.1) is 0 Å².